The molecule has 0 aliphatic rings. The van der Waals surface area contributed by atoms with Gasteiger partial charge in [-0.25, -0.2) is 0 Å². The Morgan fingerprint density at radius 3 is 2.21 bits per heavy atom. The van der Waals surface area contributed by atoms with Gasteiger partial charge in [-0.1, -0.05) is 12.1 Å². The largest absolute Gasteiger partial charge is 0.508 e. The highest BCUT2D eigenvalue weighted by Crippen LogP contribution is 2.18. The fourth-order valence-corrected chi connectivity index (χ4v) is 1.74. The highest BCUT2D eigenvalue weighted by Gasteiger charge is 1.98. The monoisotopic (exact) mass is 257 g/mol. The van der Waals surface area contributed by atoms with E-state index < -0.39 is 0 Å². The topological polar surface area (TPSA) is 41.5 Å². The molecule has 0 amide bonds. The first-order valence-electron chi connectivity index (χ1n) is 6.42. The molecule has 0 aromatic heterocycles. The lowest BCUT2D eigenvalue weighted by Crippen LogP contribution is -2.05. The van der Waals surface area contributed by atoms with Crippen molar-refractivity contribution in [3.05, 3.63) is 54.1 Å². The van der Waals surface area contributed by atoms with Gasteiger partial charge in [0.1, 0.15) is 11.5 Å². The Hall–Kier alpha value is -2.16. The van der Waals surface area contributed by atoms with Gasteiger partial charge in [0, 0.05) is 12.2 Å². The normalized spacial score (nSPS) is 10.5. The van der Waals surface area contributed by atoms with E-state index in [1.165, 1.54) is 0 Å². The second kappa shape index (κ2) is 6.14. The molecule has 0 unspecified atom stereocenters. The SMILES string of the molecule is CC(C)Oc1ccc(NCc2ccc(O)cc2)cc1. The third-order valence-electron chi connectivity index (χ3n) is 2.66. The maximum Gasteiger partial charge on any atom is 0.119 e. The van der Waals surface area contributed by atoms with E-state index >= 15 is 0 Å². The van der Waals surface area contributed by atoms with Gasteiger partial charge in [0.2, 0.25) is 0 Å². The van der Waals surface area contributed by atoms with Crippen LogP contribution in [0.1, 0.15) is 19.4 Å². The lowest BCUT2D eigenvalue weighted by atomic mass is 10.2. The zero-order valence-corrected chi connectivity index (χ0v) is 11.3. The fourth-order valence-electron chi connectivity index (χ4n) is 1.74. The average molecular weight is 257 g/mol. The van der Waals surface area contributed by atoms with Gasteiger partial charge in [0.15, 0.2) is 0 Å². The molecule has 100 valence electrons. The minimum absolute atomic E-state index is 0.191. The summed E-state index contributed by atoms with van der Waals surface area (Å²) >= 11 is 0. The summed E-state index contributed by atoms with van der Waals surface area (Å²) in [4.78, 5) is 0. The number of benzene rings is 2. The molecule has 0 aliphatic heterocycles. The van der Waals surface area contributed by atoms with Crippen LogP contribution in [0.25, 0.3) is 0 Å². The van der Waals surface area contributed by atoms with E-state index in [2.05, 4.69) is 5.32 Å². The van der Waals surface area contributed by atoms with Crippen LogP contribution in [0.5, 0.6) is 11.5 Å². The van der Waals surface area contributed by atoms with Crippen molar-refractivity contribution in [3.63, 3.8) is 0 Å². The molecule has 0 atom stereocenters. The lowest BCUT2D eigenvalue weighted by molar-refractivity contribution is 0.242. The van der Waals surface area contributed by atoms with Crippen LogP contribution in [0, 0.1) is 0 Å². The van der Waals surface area contributed by atoms with Gasteiger partial charge >= 0.3 is 0 Å². The summed E-state index contributed by atoms with van der Waals surface area (Å²) in [7, 11) is 0. The highest BCUT2D eigenvalue weighted by atomic mass is 16.5. The van der Waals surface area contributed by atoms with Crippen LogP contribution >= 0.6 is 0 Å². The molecule has 2 rings (SSSR count). The van der Waals surface area contributed by atoms with E-state index in [4.69, 9.17) is 4.74 Å². The molecule has 2 N–H and O–H groups in total. The molecule has 0 heterocycles. The zero-order chi connectivity index (χ0) is 13.7. The Morgan fingerprint density at radius 1 is 1.00 bits per heavy atom. The van der Waals surface area contributed by atoms with Crippen LogP contribution in [-0.2, 0) is 6.54 Å². The maximum absolute atomic E-state index is 9.21. The summed E-state index contributed by atoms with van der Waals surface area (Å²) in [6, 6.07) is 15.1. The second-order valence-corrected chi connectivity index (χ2v) is 4.71. The number of phenolic OH excluding ortho intramolecular Hbond substituents is 1. The van der Waals surface area contributed by atoms with E-state index in [0.717, 1.165) is 23.5 Å². The van der Waals surface area contributed by atoms with Crippen molar-refractivity contribution in [2.24, 2.45) is 0 Å². The quantitative estimate of drug-likeness (QED) is 0.856. The molecule has 0 bridgehead atoms. The third kappa shape index (κ3) is 4.21. The average Bonchev–Trinajstić information content (AvgIpc) is 2.39. The van der Waals surface area contributed by atoms with Gasteiger partial charge in [-0.05, 0) is 55.8 Å². The van der Waals surface area contributed by atoms with Gasteiger partial charge < -0.3 is 15.2 Å². The van der Waals surface area contributed by atoms with Crippen molar-refractivity contribution in [1.29, 1.82) is 0 Å². The van der Waals surface area contributed by atoms with Gasteiger partial charge in [-0.15, -0.1) is 0 Å². The van der Waals surface area contributed by atoms with Crippen molar-refractivity contribution in [1.82, 2.24) is 0 Å². The zero-order valence-electron chi connectivity index (χ0n) is 11.3. The predicted molar refractivity (Wildman–Crippen MR) is 77.6 cm³/mol. The van der Waals surface area contributed by atoms with E-state index in [1.807, 2.05) is 50.2 Å². The summed E-state index contributed by atoms with van der Waals surface area (Å²) in [5.41, 5.74) is 2.17. The highest BCUT2D eigenvalue weighted by molar-refractivity contribution is 5.47. The van der Waals surface area contributed by atoms with Crippen LogP contribution in [0.15, 0.2) is 48.5 Å². The Bertz CT molecular complexity index is 503. The summed E-state index contributed by atoms with van der Waals surface area (Å²) in [5.74, 6) is 1.17. The summed E-state index contributed by atoms with van der Waals surface area (Å²) in [5, 5.41) is 12.5. The van der Waals surface area contributed by atoms with Crippen molar-refractivity contribution in [2.75, 3.05) is 5.32 Å². The molecule has 19 heavy (non-hydrogen) atoms. The number of rotatable bonds is 5. The number of nitrogens with one attached hydrogen (secondary N) is 1. The van der Waals surface area contributed by atoms with E-state index in [9.17, 15) is 5.11 Å². The van der Waals surface area contributed by atoms with Crippen molar-refractivity contribution in [2.45, 2.75) is 26.5 Å². The maximum atomic E-state index is 9.21. The molecule has 0 fully saturated rings. The molecule has 3 heteroatoms. The van der Waals surface area contributed by atoms with Crippen LogP contribution in [0.3, 0.4) is 0 Å². The molecular weight excluding hydrogens is 238 g/mol. The number of ether oxygens (including phenoxy) is 1. The second-order valence-electron chi connectivity index (χ2n) is 4.71. The summed E-state index contributed by atoms with van der Waals surface area (Å²) in [6.07, 6.45) is 0.191. The molecule has 2 aromatic rings. The van der Waals surface area contributed by atoms with E-state index in [-0.39, 0.29) is 6.10 Å². The number of hydrogen-bond donors (Lipinski definition) is 2. The van der Waals surface area contributed by atoms with Crippen molar-refractivity contribution >= 4 is 5.69 Å². The first kappa shape index (κ1) is 13.3. The number of anilines is 1. The summed E-state index contributed by atoms with van der Waals surface area (Å²) < 4.78 is 5.59. The summed E-state index contributed by atoms with van der Waals surface area (Å²) in [6.45, 7) is 4.75. The minimum atomic E-state index is 0.191. The number of hydrogen-bond acceptors (Lipinski definition) is 3. The van der Waals surface area contributed by atoms with Crippen LogP contribution in [0.4, 0.5) is 5.69 Å². The van der Waals surface area contributed by atoms with Crippen LogP contribution in [0.2, 0.25) is 0 Å². The van der Waals surface area contributed by atoms with E-state index in [1.54, 1.807) is 12.1 Å². The first-order valence-corrected chi connectivity index (χ1v) is 6.42. The first-order chi connectivity index (χ1) is 9.13. The molecule has 0 spiro atoms. The van der Waals surface area contributed by atoms with Crippen LogP contribution in [-0.4, -0.2) is 11.2 Å². The Balaban J connectivity index is 1.91. The molecule has 0 saturated carbocycles. The lowest BCUT2D eigenvalue weighted by Gasteiger charge is -2.11. The van der Waals surface area contributed by atoms with Gasteiger partial charge in [0.25, 0.3) is 0 Å². The fraction of sp³-hybridized carbons (Fsp3) is 0.250. The molecule has 0 aliphatic carbocycles. The van der Waals surface area contributed by atoms with Gasteiger partial charge in [0.05, 0.1) is 6.10 Å². The number of phenols is 1. The standard InChI is InChI=1S/C16H19NO2/c1-12(2)19-16-9-5-14(6-10-16)17-11-13-3-7-15(18)8-4-13/h3-10,12,17-18H,11H2,1-2H3. The Kier molecular flexibility index (Phi) is 4.29. The Labute approximate surface area is 113 Å². The minimum Gasteiger partial charge on any atom is -0.508 e. The van der Waals surface area contributed by atoms with Crippen LogP contribution < -0.4 is 10.1 Å². The molecule has 0 saturated heterocycles. The van der Waals surface area contributed by atoms with Crippen molar-refractivity contribution in [3.8, 4) is 11.5 Å². The molecule has 2 aromatic carbocycles. The van der Waals surface area contributed by atoms with Gasteiger partial charge in [-0.3, -0.25) is 0 Å². The Morgan fingerprint density at radius 2 is 1.63 bits per heavy atom. The van der Waals surface area contributed by atoms with Gasteiger partial charge in [-0.2, -0.15) is 0 Å². The van der Waals surface area contributed by atoms with Crippen molar-refractivity contribution < 1.29 is 9.84 Å². The molecule has 0 radical (unpaired) electrons. The number of aromatic hydroxyl groups is 1. The third-order valence-corrected chi connectivity index (χ3v) is 2.66. The predicted octanol–water partition coefficient (Wildman–Crippen LogP) is 3.79. The van der Waals surface area contributed by atoms with E-state index in [0.29, 0.717) is 5.75 Å². The smallest absolute Gasteiger partial charge is 0.119 e. The molecule has 3 nitrogen and oxygen atoms in total. The molecular formula is C16H19NO2.